The first kappa shape index (κ1) is 26.8. The van der Waals surface area contributed by atoms with Gasteiger partial charge < -0.3 is 9.73 Å². The van der Waals surface area contributed by atoms with Crippen LogP contribution in [0.3, 0.4) is 0 Å². The van der Waals surface area contributed by atoms with Gasteiger partial charge in [-0.1, -0.05) is 68.3 Å². The molecule has 1 aliphatic heterocycles. The summed E-state index contributed by atoms with van der Waals surface area (Å²) in [6.07, 6.45) is 1.57. The topological polar surface area (TPSA) is 80.4 Å². The first-order chi connectivity index (χ1) is 18.6. The lowest BCUT2D eigenvalue weighted by atomic mass is 9.87. The summed E-state index contributed by atoms with van der Waals surface area (Å²) in [5.41, 5.74) is 5.83. The molecular weight excluding hydrogens is 508 g/mol. The molecule has 4 aromatic rings. The van der Waals surface area contributed by atoms with Crippen molar-refractivity contribution in [1.82, 2.24) is 15.1 Å². The number of aryl methyl sites for hydroxylation is 2. The fourth-order valence-corrected chi connectivity index (χ4v) is 6.02. The van der Waals surface area contributed by atoms with E-state index in [0.717, 1.165) is 33.6 Å². The van der Waals surface area contributed by atoms with Crippen molar-refractivity contribution in [3.05, 3.63) is 101 Å². The van der Waals surface area contributed by atoms with Crippen LogP contribution in [0, 0.1) is 13.8 Å². The van der Waals surface area contributed by atoms with Crippen LogP contribution in [0.4, 0.5) is 5.82 Å². The van der Waals surface area contributed by atoms with E-state index in [1.54, 1.807) is 35.1 Å². The van der Waals surface area contributed by atoms with Gasteiger partial charge in [-0.25, -0.2) is 4.68 Å². The van der Waals surface area contributed by atoms with E-state index < -0.39 is 0 Å². The molecule has 39 heavy (non-hydrogen) atoms. The maximum Gasteiger partial charge on any atom is 0.240 e. The summed E-state index contributed by atoms with van der Waals surface area (Å²) in [6.45, 7) is 10.7. The summed E-state index contributed by atoms with van der Waals surface area (Å²) >= 11 is 1.59. The average Bonchev–Trinajstić information content (AvgIpc) is 3.52. The predicted octanol–water partition coefficient (Wildman–Crippen LogP) is 5.87. The molecule has 0 saturated heterocycles. The molecule has 2 amide bonds. The zero-order valence-corrected chi connectivity index (χ0v) is 23.8. The Bertz CT molecular complexity index is 1480. The van der Waals surface area contributed by atoms with Gasteiger partial charge in [-0.05, 0) is 43.7 Å². The second-order valence-electron chi connectivity index (χ2n) is 11.0. The molecule has 1 N–H and O–H groups in total. The van der Waals surface area contributed by atoms with Crippen LogP contribution in [0.2, 0.25) is 0 Å². The molecule has 0 fully saturated rings. The van der Waals surface area contributed by atoms with E-state index in [1.807, 2.05) is 35.9 Å². The summed E-state index contributed by atoms with van der Waals surface area (Å²) in [5.74, 6) is 1.16. The molecule has 8 heteroatoms. The Labute approximate surface area is 233 Å². The van der Waals surface area contributed by atoms with Gasteiger partial charge in [0.2, 0.25) is 11.8 Å². The number of hydrogen-bond acceptors (Lipinski definition) is 5. The predicted molar refractivity (Wildman–Crippen MR) is 155 cm³/mol. The third kappa shape index (κ3) is 5.66. The number of thioether (sulfide) groups is 1. The van der Waals surface area contributed by atoms with Crippen molar-refractivity contribution in [2.75, 3.05) is 17.2 Å². The molecule has 202 valence electrons. The van der Waals surface area contributed by atoms with Gasteiger partial charge in [-0.15, -0.1) is 11.8 Å². The molecule has 7 nitrogen and oxygen atoms in total. The highest BCUT2D eigenvalue weighted by Crippen LogP contribution is 2.48. The fraction of sp³-hybridized carbons (Fsp3) is 0.323. The molecule has 1 aliphatic rings. The van der Waals surface area contributed by atoms with Crippen molar-refractivity contribution >= 4 is 29.4 Å². The van der Waals surface area contributed by atoms with Gasteiger partial charge in [0.05, 0.1) is 35.2 Å². The number of benzene rings is 2. The second kappa shape index (κ2) is 10.8. The van der Waals surface area contributed by atoms with Crippen LogP contribution in [0.25, 0.3) is 5.69 Å². The number of carbonyl (C=O) groups is 2. The van der Waals surface area contributed by atoms with Crippen molar-refractivity contribution in [3.8, 4) is 5.69 Å². The Morgan fingerprint density at radius 2 is 1.85 bits per heavy atom. The Morgan fingerprint density at radius 1 is 1.08 bits per heavy atom. The first-order valence-electron chi connectivity index (χ1n) is 13.1. The number of aromatic nitrogens is 2. The fourth-order valence-electron chi connectivity index (χ4n) is 4.83. The highest BCUT2D eigenvalue weighted by Gasteiger charge is 2.39. The maximum absolute atomic E-state index is 13.8. The van der Waals surface area contributed by atoms with Crippen LogP contribution >= 0.6 is 11.8 Å². The van der Waals surface area contributed by atoms with Crippen LogP contribution in [0.5, 0.6) is 0 Å². The molecule has 1 atom stereocenters. The van der Waals surface area contributed by atoms with Gasteiger partial charge >= 0.3 is 0 Å². The van der Waals surface area contributed by atoms with Crippen molar-refractivity contribution in [3.63, 3.8) is 0 Å². The number of nitrogens with zero attached hydrogens (tertiary/aromatic N) is 3. The second-order valence-corrected chi connectivity index (χ2v) is 12.1. The Kier molecular flexibility index (Phi) is 7.40. The van der Waals surface area contributed by atoms with E-state index in [-0.39, 0.29) is 41.3 Å². The Hall–Kier alpha value is -3.78. The van der Waals surface area contributed by atoms with E-state index in [9.17, 15) is 9.59 Å². The van der Waals surface area contributed by atoms with Gasteiger partial charge in [0, 0.05) is 11.0 Å². The summed E-state index contributed by atoms with van der Waals surface area (Å²) in [4.78, 5) is 28.5. The summed E-state index contributed by atoms with van der Waals surface area (Å²) in [6, 6.07) is 20.1. The number of furan rings is 1. The Balaban J connectivity index is 1.67. The van der Waals surface area contributed by atoms with Gasteiger partial charge in [0.25, 0.3) is 0 Å². The van der Waals surface area contributed by atoms with E-state index >= 15 is 0 Å². The first-order valence-corrected chi connectivity index (χ1v) is 14.1. The lowest BCUT2D eigenvalue weighted by Crippen LogP contribution is -2.42. The average molecular weight is 543 g/mol. The number of nitrogens with one attached hydrogen (secondary N) is 1. The minimum Gasteiger partial charge on any atom is -0.467 e. The van der Waals surface area contributed by atoms with Crippen LogP contribution in [-0.2, 0) is 21.5 Å². The van der Waals surface area contributed by atoms with Crippen LogP contribution < -0.4 is 10.2 Å². The molecule has 0 radical (unpaired) electrons. The van der Waals surface area contributed by atoms with Crippen LogP contribution in [0.1, 0.15) is 59.7 Å². The molecule has 0 unspecified atom stereocenters. The lowest BCUT2D eigenvalue weighted by molar-refractivity contribution is -0.123. The SMILES string of the molecule is Cc1ccc(-n2nc(C(C)(C)C)c3c2N(CC(=O)NCc2ccco2)C(=O)CS[C@H]3c2cccc(C)c2)cc1. The zero-order valence-electron chi connectivity index (χ0n) is 23.0. The largest absolute Gasteiger partial charge is 0.467 e. The summed E-state index contributed by atoms with van der Waals surface area (Å²) in [7, 11) is 0. The van der Waals surface area contributed by atoms with E-state index in [4.69, 9.17) is 9.52 Å². The monoisotopic (exact) mass is 542 g/mol. The minimum absolute atomic E-state index is 0.116. The number of anilines is 1. The summed E-state index contributed by atoms with van der Waals surface area (Å²) in [5, 5.41) is 7.92. The Morgan fingerprint density at radius 3 is 2.51 bits per heavy atom. The normalized spacial score (nSPS) is 15.7. The van der Waals surface area contributed by atoms with Crippen molar-refractivity contribution in [2.24, 2.45) is 0 Å². The van der Waals surface area contributed by atoms with Gasteiger partial charge in [0.15, 0.2) is 0 Å². The molecule has 3 heterocycles. The van der Waals surface area contributed by atoms with Crippen molar-refractivity contribution < 1.29 is 14.0 Å². The quantitative estimate of drug-likeness (QED) is 0.330. The highest BCUT2D eigenvalue weighted by molar-refractivity contribution is 8.00. The van der Waals surface area contributed by atoms with E-state index in [0.29, 0.717) is 11.6 Å². The molecule has 0 spiro atoms. The molecular formula is C31H34N4O3S. The molecule has 5 rings (SSSR count). The lowest BCUT2D eigenvalue weighted by Gasteiger charge is -2.24. The summed E-state index contributed by atoms with van der Waals surface area (Å²) < 4.78 is 7.21. The number of hydrogen-bond donors (Lipinski definition) is 1. The third-order valence-electron chi connectivity index (χ3n) is 6.76. The van der Waals surface area contributed by atoms with Gasteiger partial charge in [-0.2, -0.15) is 5.10 Å². The zero-order chi connectivity index (χ0) is 27.7. The maximum atomic E-state index is 13.8. The van der Waals surface area contributed by atoms with Gasteiger partial charge in [-0.3, -0.25) is 14.5 Å². The number of fused-ring (bicyclic) bond motifs is 1. The van der Waals surface area contributed by atoms with Crippen LogP contribution in [0.15, 0.2) is 71.3 Å². The standard InChI is InChI=1S/C31H34N4O3S/c1-20-11-13-23(14-12-20)35-30-27(29(33-35)31(3,4)5)28(22-9-6-8-21(2)16-22)39-19-26(37)34(30)18-25(36)32-17-24-10-7-15-38-24/h6-16,28H,17-19H2,1-5H3,(H,32,36)/t28-/m0/s1. The van der Waals surface area contributed by atoms with Crippen LogP contribution in [-0.4, -0.2) is 33.9 Å². The van der Waals surface area contributed by atoms with Crippen molar-refractivity contribution in [1.29, 1.82) is 0 Å². The molecule has 2 aromatic heterocycles. The van der Waals surface area contributed by atoms with E-state index in [2.05, 4.69) is 57.3 Å². The number of rotatable bonds is 6. The minimum atomic E-state index is -0.302. The van der Waals surface area contributed by atoms with Crippen molar-refractivity contribution in [2.45, 2.75) is 51.8 Å². The molecule has 0 bridgehead atoms. The third-order valence-corrected chi connectivity index (χ3v) is 8.02. The highest BCUT2D eigenvalue weighted by atomic mass is 32.2. The van der Waals surface area contributed by atoms with Gasteiger partial charge in [0.1, 0.15) is 18.1 Å². The number of amides is 2. The molecule has 0 saturated carbocycles. The number of carbonyl (C=O) groups excluding carboxylic acids is 2. The molecule has 0 aliphatic carbocycles. The smallest absolute Gasteiger partial charge is 0.240 e. The molecule has 2 aromatic carbocycles. The van der Waals surface area contributed by atoms with E-state index in [1.165, 1.54) is 0 Å².